The van der Waals surface area contributed by atoms with Crippen molar-refractivity contribution in [2.75, 3.05) is 13.1 Å². The third-order valence-electron chi connectivity index (χ3n) is 3.63. The van der Waals surface area contributed by atoms with Gasteiger partial charge in [0.25, 0.3) is 0 Å². The monoisotopic (exact) mass is 212 g/mol. The minimum absolute atomic E-state index is 0.379. The standard InChI is InChI=1S/C13H28N2/c1-11-7-9-15(13(3)10-11)8-5-4-6-12(2)14/h11-13H,4-10,14H2,1-3H3. The van der Waals surface area contributed by atoms with Crippen LogP contribution >= 0.6 is 0 Å². The molecule has 3 atom stereocenters. The van der Waals surface area contributed by atoms with E-state index in [2.05, 4.69) is 25.7 Å². The topological polar surface area (TPSA) is 29.3 Å². The Labute approximate surface area is 95.2 Å². The molecule has 90 valence electrons. The molecule has 0 aliphatic carbocycles. The molecular weight excluding hydrogens is 184 g/mol. The molecule has 0 radical (unpaired) electrons. The maximum atomic E-state index is 5.74. The zero-order valence-corrected chi connectivity index (χ0v) is 10.7. The van der Waals surface area contributed by atoms with Crippen LogP contribution in [-0.4, -0.2) is 30.1 Å². The van der Waals surface area contributed by atoms with Crippen LogP contribution < -0.4 is 5.73 Å². The Hall–Kier alpha value is -0.0800. The molecule has 0 spiro atoms. The number of rotatable bonds is 5. The molecule has 0 aromatic carbocycles. The second kappa shape index (κ2) is 6.49. The van der Waals surface area contributed by atoms with Gasteiger partial charge in [-0.1, -0.05) is 13.3 Å². The molecule has 0 amide bonds. The zero-order chi connectivity index (χ0) is 11.3. The maximum absolute atomic E-state index is 5.74. The van der Waals surface area contributed by atoms with Crippen LogP contribution in [0, 0.1) is 5.92 Å². The van der Waals surface area contributed by atoms with Crippen LogP contribution in [0.4, 0.5) is 0 Å². The fourth-order valence-electron chi connectivity index (χ4n) is 2.57. The van der Waals surface area contributed by atoms with Crippen molar-refractivity contribution in [3.8, 4) is 0 Å². The van der Waals surface area contributed by atoms with Crippen molar-refractivity contribution >= 4 is 0 Å². The van der Waals surface area contributed by atoms with Crippen molar-refractivity contribution in [1.82, 2.24) is 4.90 Å². The van der Waals surface area contributed by atoms with Crippen molar-refractivity contribution in [1.29, 1.82) is 0 Å². The van der Waals surface area contributed by atoms with E-state index in [9.17, 15) is 0 Å². The molecule has 3 unspecified atom stereocenters. The van der Waals surface area contributed by atoms with Gasteiger partial charge in [-0.25, -0.2) is 0 Å². The van der Waals surface area contributed by atoms with Crippen LogP contribution in [-0.2, 0) is 0 Å². The lowest BCUT2D eigenvalue weighted by atomic mass is 9.93. The van der Waals surface area contributed by atoms with Crippen molar-refractivity contribution < 1.29 is 0 Å². The maximum Gasteiger partial charge on any atom is 0.00694 e. The Balaban J connectivity index is 2.10. The molecule has 0 aromatic rings. The Morgan fingerprint density at radius 2 is 2.07 bits per heavy atom. The number of unbranched alkanes of at least 4 members (excludes halogenated alkanes) is 1. The number of hydrogen-bond donors (Lipinski definition) is 1. The number of likely N-dealkylation sites (tertiary alicyclic amines) is 1. The lowest BCUT2D eigenvalue weighted by molar-refractivity contribution is 0.127. The highest BCUT2D eigenvalue weighted by Gasteiger charge is 2.21. The molecule has 15 heavy (non-hydrogen) atoms. The zero-order valence-electron chi connectivity index (χ0n) is 10.7. The second-order valence-corrected chi connectivity index (χ2v) is 5.49. The second-order valence-electron chi connectivity index (χ2n) is 5.49. The predicted octanol–water partition coefficient (Wildman–Crippen LogP) is 2.62. The van der Waals surface area contributed by atoms with E-state index in [1.165, 1.54) is 45.2 Å². The van der Waals surface area contributed by atoms with Crippen LogP contribution in [0.2, 0.25) is 0 Å². The summed E-state index contributed by atoms with van der Waals surface area (Å²) in [4.78, 5) is 2.65. The summed E-state index contributed by atoms with van der Waals surface area (Å²) < 4.78 is 0. The molecule has 1 fully saturated rings. The van der Waals surface area contributed by atoms with E-state index >= 15 is 0 Å². The summed E-state index contributed by atoms with van der Waals surface area (Å²) in [6.45, 7) is 9.44. The Morgan fingerprint density at radius 1 is 1.33 bits per heavy atom. The summed E-state index contributed by atoms with van der Waals surface area (Å²) >= 11 is 0. The first-order valence-corrected chi connectivity index (χ1v) is 6.59. The molecule has 1 aliphatic heterocycles. The van der Waals surface area contributed by atoms with E-state index in [4.69, 9.17) is 5.73 Å². The van der Waals surface area contributed by atoms with E-state index in [0.29, 0.717) is 6.04 Å². The number of nitrogens with zero attached hydrogens (tertiary/aromatic N) is 1. The highest BCUT2D eigenvalue weighted by Crippen LogP contribution is 2.22. The molecule has 1 aliphatic rings. The van der Waals surface area contributed by atoms with Gasteiger partial charge >= 0.3 is 0 Å². The average Bonchev–Trinajstić information content (AvgIpc) is 2.14. The number of nitrogens with two attached hydrogens (primary N) is 1. The number of piperidine rings is 1. The normalized spacial score (nSPS) is 30.4. The molecule has 2 heteroatoms. The van der Waals surface area contributed by atoms with Crippen LogP contribution in [0.3, 0.4) is 0 Å². The van der Waals surface area contributed by atoms with E-state index < -0.39 is 0 Å². The Morgan fingerprint density at radius 3 is 2.67 bits per heavy atom. The van der Waals surface area contributed by atoms with Crippen molar-refractivity contribution in [3.63, 3.8) is 0 Å². The lowest BCUT2D eigenvalue weighted by Gasteiger charge is -2.36. The van der Waals surface area contributed by atoms with E-state index in [0.717, 1.165) is 12.0 Å². The van der Waals surface area contributed by atoms with Gasteiger partial charge in [-0.15, -0.1) is 0 Å². The molecule has 0 bridgehead atoms. The van der Waals surface area contributed by atoms with Gasteiger partial charge < -0.3 is 10.6 Å². The van der Waals surface area contributed by atoms with Crippen LogP contribution in [0.5, 0.6) is 0 Å². The van der Waals surface area contributed by atoms with Gasteiger partial charge in [-0.3, -0.25) is 0 Å². The van der Waals surface area contributed by atoms with Gasteiger partial charge in [0, 0.05) is 12.1 Å². The molecule has 2 N–H and O–H groups in total. The molecule has 0 saturated carbocycles. The molecule has 1 heterocycles. The van der Waals surface area contributed by atoms with Crippen molar-refractivity contribution in [3.05, 3.63) is 0 Å². The summed E-state index contributed by atoms with van der Waals surface area (Å²) in [5.41, 5.74) is 5.74. The SMILES string of the molecule is CC(N)CCCCN1CCC(C)CC1C. The summed E-state index contributed by atoms with van der Waals surface area (Å²) in [5, 5.41) is 0. The van der Waals surface area contributed by atoms with E-state index in [-0.39, 0.29) is 0 Å². The fraction of sp³-hybridized carbons (Fsp3) is 1.00. The molecule has 0 aromatic heterocycles. The summed E-state index contributed by atoms with van der Waals surface area (Å²) in [5.74, 6) is 0.931. The lowest BCUT2D eigenvalue weighted by Crippen LogP contribution is -2.40. The van der Waals surface area contributed by atoms with Gasteiger partial charge in [-0.2, -0.15) is 0 Å². The van der Waals surface area contributed by atoms with Gasteiger partial charge in [0.2, 0.25) is 0 Å². The minimum atomic E-state index is 0.379. The van der Waals surface area contributed by atoms with Crippen LogP contribution in [0.1, 0.15) is 52.9 Å². The highest BCUT2D eigenvalue weighted by molar-refractivity contribution is 4.76. The summed E-state index contributed by atoms with van der Waals surface area (Å²) in [7, 11) is 0. The van der Waals surface area contributed by atoms with Crippen LogP contribution in [0.25, 0.3) is 0 Å². The average molecular weight is 212 g/mol. The van der Waals surface area contributed by atoms with Crippen molar-refractivity contribution in [2.45, 2.75) is 65.0 Å². The van der Waals surface area contributed by atoms with Gasteiger partial charge in [0.15, 0.2) is 0 Å². The Kier molecular flexibility index (Phi) is 5.62. The van der Waals surface area contributed by atoms with Crippen molar-refractivity contribution in [2.24, 2.45) is 11.7 Å². The van der Waals surface area contributed by atoms with E-state index in [1.54, 1.807) is 0 Å². The first-order chi connectivity index (χ1) is 7.09. The molecular formula is C13H28N2. The fourth-order valence-corrected chi connectivity index (χ4v) is 2.57. The first kappa shape index (κ1) is 13.0. The Bertz CT molecular complexity index is 168. The quantitative estimate of drug-likeness (QED) is 0.710. The van der Waals surface area contributed by atoms with Gasteiger partial charge in [0.1, 0.15) is 0 Å². The molecule has 1 saturated heterocycles. The number of hydrogen-bond acceptors (Lipinski definition) is 2. The van der Waals surface area contributed by atoms with E-state index in [1.807, 2.05) is 0 Å². The predicted molar refractivity (Wildman–Crippen MR) is 66.9 cm³/mol. The van der Waals surface area contributed by atoms with Gasteiger partial charge in [0.05, 0.1) is 0 Å². The molecule has 1 rings (SSSR count). The molecule has 2 nitrogen and oxygen atoms in total. The minimum Gasteiger partial charge on any atom is -0.328 e. The van der Waals surface area contributed by atoms with Gasteiger partial charge in [-0.05, 0) is 58.5 Å². The summed E-state index contributed by atoms with van der Waals surface area (Å²) in [6, 6.07) is 1.17. The first-order valence-electron chi connectivity index (χ1n) is 6.59. The smallest absolute Gasteiger partial charge is 0.00694 e. The largest absolute Gasteiger partial charge is 0.328 e. The summed E-state index contributed by atoms with van der Waals surface area (Å²) in [6.07, 6.45) is 6.56. The third kappa shape index (κ3) is 4.98. The third-order valence-corrected chi connectivity index (χ3v) is 3.63. The highest BCUT2D eigenvalue weighted by atomic mass is 15.2. The van der Waals surface area contributed by atoms with Crippen LogP contribution in [0.15, 0.2) is 0 Å².